The van der Waals surface area contributed by atoms with Gasteiger partial charge in [0.25, 0.3) is 5.56 Å². The first-order valence-corrected chi connectivity index (χ1v) is 8.18. The van der Waals surface area contributed by atoms with Gasteiger partial charge in [-0.05, 0) is 18.2 Å². The molecule has 0 radical (unpaired) electrons. The number of nitrogens with zero attached hydrogens (tertiary/aromatic N) is 4. The lowest BCUT2D eigenvalue weighted by atomic mass is 10.2. The number of hydrogen-bond acceptors (Lipinski definition) is 4. The Labute approximate surface area is 147 Å². The summed E-state index contributed by atoms with van der Waals surface area (Å²) < 4.78 is 1.22. The van der Waals surface area contributed by atoms with Gasteiger partial charge in [-0.25, -0.2) is 9.97 Å². The van der Waals surface area contributed by atoms with Crippen molar-refractivity contribution < 1.29 is 0 Å². The summed E-state index contributed by atoms with van der Waals surface area (Å²) in [6.45, 7) is 0. The molecule has 26 heavy (non-hydrogen) atoms. The number of aromatic nitrogens is 4. The zero-order valence-corrected chi connectivity index (χ0v) is 13.6. The number of fused-ring (bicyclic) bond motifs is 4. The maximum atomic E-state index is 12.7. The van der Waals surface area contributed by atoms with Crippen LogP contribution in [0.25, 0.3) is 32.8 Å². The topological polar surface area (TPSA) is 75.9 Å². The summed E-state index contributed by atoms with van der Waals surface area (Å²) in [5.41, 5.74) is 3.28. The highest BCUT2D eigenvalue weighted by molar-refractivity contribution is 6.04. The van der Waals surface area contributed by atoms with Gasteiger partial charge in [0.15, 0.2) is 0 Å². The number of aromatic amines is 1. The van der Waals surface area contributed by atoms with Crippen LogP contribution >= 0.6 is 0 Å². The molecule has 6 nitrogen and oxygen atoms in total. The Balaban J connectivity index is 1.59. The van der Waals surface area contributed by atoms with Crippen LogP contribution in [0.1, 0.15) is 5.69 Å². The SMILES string of the molecule is O=c1c2[nH]c3ccccc3c2ncn1N=Cc1ccc2ccccc2n1. The molecule has 0 bridgehead atoms. The molecule has 0 amide bonds. The van der Waals surface area contributed by atoms with E-state index in [1.54, 1.807) is 6.21 Å². The van der Waals surface area contributed by atoms with Crippen molar-refractivity contribution >= 4 is 39.1 Å². The van der Waals surface area contributed by atoms with Gasteiger partial charge in [0.05, 0.1) is 17.4 Å². The summed E-state index contributed by atoms with van der Waals surface area (Å²) in [6.07, 6.45) is 2.99. The molecular weight excluding hydrogens is 326 g/mol. The molecule has 3 aromatic heterocycles. The van der Waals surface area contributed by atoms with Gasteiger partial charge in [-0.15, -0.1) is 0 Å². The van der Waals surface area contributed by atoms with E-state index in [2.05, 4.69) is 20.1 Å². The fourth-order valence-corrected chi connectivity index (χ4v) is 3.05. The first kappa shape index (κ1) is 14.5. The van der Waals surface area contributed by atoms with Crippen LogP contribution in [-0.2, 0) is 0 Å². The van der Waals surface area contributed by atoms with Gasteiger partial charge in [-0.1, -0.05) is 42.5 Å². The molecule has 5 aromatic rings. The first-order chi connectivity index (χ1) is 12.8. The number of benzene rings is 2. The molecule has 1 N–H and O–H groups in total. The summed E-state index contributed by atoms with van der Waals surface area (Å²) in [4.78, 5) is 24.7. The quantitative estimate of drug-likeness (QED) is 0.501. The van der Waals surface area contributed by atoms with Crippen molar-refractivity contribution in [3.05, 3.63) is 83.0 Å². The monoisotopic (exact) mass is 339 g/mol. The second-order valence-electron chi connectivity index (χ2n) is 5.96. The Morgan fingerprint density at radius 1 is 1.00 bits per heavy atom. The van der Waals surface area contributed by atoms with Crippen LogP contribution in [0.15, 0.2) is 76.9 Å². The third-order valence-corrected chi connectivity index (χ3v) is 4.33. The fourth-order valence-electron chi connectivity index (χ4n) is 3.05. The van der Waals surface area contributed by atoms with Crippen LogP contribution in [0.5, 0.6) is 0 Å². The number of pyridine rings is 1. The number of rotatable bonds is 2. The Bertz CT molecular complexity index is 1360. The highest BCUT2D eigenvalue weighted by Gasteiger charge is 2.09. The lowest BCUT2D eigenvalue weighted by molar-refractivity contribution is 0.815. The number of nitrogens with one attached hydrogen (secondary N) is 1. The lowest BCUT2D eigenvalue weighted by Crippen LogP contribution is -2.17. The number of para-hydroxylation sites is 2. The molecule has 124 valence electrons. The molecule has 2 aromatic carbocycles. The maximum Gasteiger partial charge on any atom is 0.298 e. The Morgan fingerprint density at radius 3 is 2.81 bits per heavy atom. The minimum Gasteiger partial charge on any atom is -0.349 e. The summed E-state index contributed by atoms with van der Waals surface area (Å²) in [6, 6.07) is 19.4. The molecule has 3 heterocycles. The fraction of sp³-hybridized carbons (Fsp3) is 0. The molecule has 0 saturated heterocycles. The van der Waals surface area contributed by atoms with Crippen LogP contribution in [0.2, 0.25) is 0 Å². The highest BCUT2D eigenvalue weighted by Crippen LogP contribution is 2.20. The summed E-state index contributed by atoms with van der Waals surface area (Å²) in [7, 11) is 0. The van der Waals surface area contributed by atoms with Crippen molar-refractivity contribution in [3.8, 4) is 0 Å². The third kappa shape index (κ3) is 2.28. The molecule has 0 fully saturated rings. The van der Waals surface area contributed by atoms with Gasteiger partial charge < -0.3 is 4.98 Å². The summed E-state index contributed by atoms with van der Waals surface area (Å²) in [5, 5.41) is 6.22. The van der Waals surface area contributed by atoms with Crippen LogP contribution in [0, 0.1) is 0 Å². The van der Waals surface area contributed by atoms with Crippen molar-refractivity contribution in [3.63, 3.8) is 0 Å². The van der Waals surface area contributed by atoms with Gasteiger partial charge >= 0.3 is 0 Å². The van der Waals surface area contributed by atoms with Gasteiger partial charge in [-0.3, -0.25) is 4.79 Å². The van der Waals surface area contributed by atoms with Crippen LogP contribution in [0.3, 0.4) is 0 Å². The van der Waals surface area contributed by atoms with E-state index in [4.69, 9.17) is 0 Å². The largest absolute Gasteiger partial charge is 0.349 e. The smallest absolute Gasteiger partial charge is 0.298 e. The Kier molecular flexibility index (Phi) is 3.15. The van der Waals surface area contributed by atoms with Gasteiger partial charge in [0.2, 0.25) is 0 Å². The van der Waals surface area contributed by atoms with Gasteiger partial charge in [-0.2, -0.15) is 9.78 Å². The zero-order valence-electron chi connectivity index (χ0n) is 13.6. The minimum atomic E-state index is -0.247. The molecule has 0 saturated carbocycles. The third-order valence-electron chi connectivity index (χ3n) is 4.33. The van der Waals surface area contributed by atoms with E-state index >= 15 is 0 Å². The van der Waals surface area contributed by atoms with Crippen LogP contribution in [0.4, 0.5) is 0 Å². The molecule has 5 rings (SSSR count). The summed E-state index contributed by atoms with van der Waals surface area (Å²) in [5.74, 6) is 0. The molecule has 0 atom stereocenters. The normalized spacial score (nSPS) is 11.8. The zero-order chi connectivity index (χ0) is 17.5. The molecule has 6 heteroatoms. The van der Waals surface area contributed by atoms with Gasteiger partial charge in [0, 0.05) is 16.3 Å². The average Bonchev–Trinajstić information content (AvgIpc) is 3.07. The van der Waals surface area contributed by atoms with E-state index in [0.29, 0.717) is 16.7 Å². The average molecular weight is 339 g/mol. The number of H-pyrrole nitrogens is 1. The maximum absolute atomic E-state index is 12.7. The number of hydrogen-bond donors (Lipinski definition) is 1. The van der Waals surface area contributed by atoms with E-state index < -0.39 is 0 Å². The molecular formula is C20H13N5O. The first-order valence-electron chi connectivity index (χ1n) is 8.18. The predicted octanol–water partition coefficient (Wildman–Crippen LogP) is 3.31. The van der Waals surface area contributed by atoms with Crippen molar-refractivity contribution in [2.75, 3.05) is 0 Å². The predicted molar refractivity (Wildman–Crippen MR) is 103 cm³/mol. The molecule has 0 unspecified atom stereocenters. The van der Waals surface area contributed by atoms with Crippen molar-refractivity contribution in [1.29, 1.82) is 0 Å². The van der Waals surface area contributed by atoms with Gasteiger partial charge in [0.1, 0.15) is 17.4 Å². The minimum absolute atomic E-state index is 0.247. The molecule has 0 spiro atoms. The van der Waals surface area contributed by atoms with Crippen molar-refractivity contribution in [1.82, 2.24) is 19.6 Å². The van der Waals surface area contributed by atoms with Crippen molar-refractivity contribution in [2.45, 2.75) is 0 Å². The Hall–Kier alpha value is -3.80. The van der Waals surface area contributed by atoms with E-state index in [1.165, 1.54) is 11.0 Å². The Morgan fingerprint density at radius 2 is 1.85 bits per heavy atom. The molecule has 0 aliphatic carbocycles. The highest BCUT2D eigenvalue weighted by atomic mass is 16.1. The van der Waals surface area contributed by atoms with E-state index in [0.717, 1.165) is 21.8 Å². The second kappa shape index (κ2) is 5.63. The van der Waals surface area contributed by atoms with Crippen LogP contribution < -0.4 is 5.56 Å². The standard InChI is InChI=1S/C20H13N5O/c26-20-19-18(15-6-2-4-8-17(15)24-19)21-12-25(20)22-11-14-10-9-13-5-1-3-7-16(13)23-14/h1-12,24H. The molecule has 0 aliphatic heterocycles. The van der Waals surface area contributed by atoms with E-state index in [1.807, 2.05) is 60.7 Å². The molecule has 0 aliphatic rings. The second-order valence-corrected chi connectivity index (χ2v) is 5.96. The summed E-state index contributed by atoms with van der Waals surface area (Å²) >= 11 is 0. The van der Waals surface area contributed by atoms with E-state index in [-0.39, 0.29) is 5.56 Å². The van der Waals surface area contributed by atoms with E-state index in [9.17, 15) is 4.79 Å². The lowest BCUT2D eigenvalue weighted by Gasteiger charge is -1.99. The van der Waals surface area contributed by atoms with Crippen LogP contribution in [-0.4, -0.2) is 25.8 Å². The van der Waals surface area contributed by atoms with Crippen molar-refractivity contribution in [2.24, 2.45) is 5.10 Å².